The lowest BCUT2D eigenvalue weighted by atomic mass is 9.90. The van der Waals surface area contributed by atoms with E-state index in [9.17, 15) is 5.11 Å². The van der Waals surface area contributed by atoms with Gasteiger partial charge in [-0.2, -0.15) is 0 Å². The molecule has 0 radical (unpaired) electrons. The molecule has 2 aliphatic carbocycles. The van der Waals surface area contributed by atoms with Crippen LogP contribution in [0.2, 0.25) is 0 Å². The summed E-state index contributed by atoms with van der Waals surface area (Å²) in [7, 11) is 0. The fraction of sp³-hybridized carbons (Fsp3) is 0.727. The van der Waals surface area contributed by atoms with Gasteiger partial charge in [-0.05, 0) is 42.6 Å². The van der Waals surface area contributed by atoms with Crippen LogP contribution in [0.15, 0.2) is 30.3 Å². The number of hydrogen-bond donors (Lipinski definition) is 1. The number of β-amino-alcohol motifs (C(OH)–C–C–N with tert-alkyl or cyclic N) is 1. The van der Waals surface area contributed by atoms with Gasteiger partial charge < -0.3 is 9.84 Å². The molecule has 0 amide bonds. The molecule has 1 aromatic carbocycles. The molecule has 4 heteroatoms. The Morgan fingerprint density at radius 2 is 1.77 bits per heavy atom. The summed E-state index contributed by atoms with van der Waals surface area (Å²) in [6, 6.07) is 10.7. The summed E-state index contributed by atoms with van der Waals surface area (Å²) < 4.78 is 5.89. The fourth-order valence-electron chi connectivity index (χ4n) is 5.26. The van der Waals surface area contributed by atoms with Crippen LogP contribution in [0.25, 0.3) is 0 Å². The van der Waals surface area contributed by atoms with E-state index in [4.69, 9.17) is 4.74 Å². The number of rotatable bonds is 8. The molecule has 2 bridgehead atoms. The lowest BCUT2D eigenvalue weighted by Gasteiger charge is -2.35. The molecule has 1 saturated heterocycles. The Kier molecular flexibility index (Phi) is 6.26. The second-order valence-electron chi connectivity index (χ2n) is 8.69. The summed E-state index contributed by atoms with van der Waals surface area (Å²) in [4.78, 5) is 4.89. The van der Waals surface area contributed by atoms with Crippen molar-refractivity contribution >= 4 is 0 Å². The Morgan fingerprint density at radius 3 is 2.46 bits per heavy atom. The second-order valence-corrected chi connectivity index (χ2v) is 8.69. The first-order valence-electron chi connectivity index (χ1n) is 10.5. The van der Waals surface area contributed by atoms with Gasteiger partial charge in [-0.25, -0.2) is 0 Å². The summed E-state index contributed by atoms with van der Waals surface area (Å²) in [5, 5.41) is 10.3. The summed E-state index contributed by atoms with van der Waals surface area (Å²) in [6.07, 6.45) is 5.30. The summed E-state index contributed by atoms with van der Waals surface area (Å²) in [6.45, 7) is 7.37. The first-order chi connectivity index (χ1) is 12.8. The molecular weight excluding hydrogens is 324 g/mol. The van der Waals surface area contributed by atoms with E-state index < -0.39 is 0 Å². The van der Waals surface area contributed by atoms with Gasteiger partial charge in [0.2, 0.25) is 0 Å². The normalized spacial score (nSPS) is 30.7. The van der Waals surface area contributed by atoms with Crippen molar-refractivity contribution in [2.45, 2.75) is 38.3 Å². The number of nitrogens with zero attached hydrogens (tertiary/aromatic N) is 2. The van der Waals surface area contributed by atoms with E-state index in [1.54, 1.807) is 0 Å². The smallest absolute Gasteiger partial charge is 0.0900 e. The van der Waals surface area contributed by atoms with Crippen molar-refractivity contribution in [3.8, 4) is 0 Å². The van der Waals surface area contributed by atoms with Gasteiger partial charge in [0, 0.05) is 45.9 Å². The topological polar surface area (TPSA) is 35.9 Å². The van der Waals surface area contributed by atoms with Gasteiger partial charge in [-0.3, -0.25) is 9.80 Å². The third-order valence-corrected chi connectivity index (χ3v) is 6.71. The average Bonchev–Trinajstić information content (AvgIpc) is 3.27. The number of aliphatic hydroxyl groups excluding tert-OH is 1. The zero-order valence-electron chi connectivity index (χ0n) is 15.9. The number of hydrogen-bond acceptors (Lipinski definition) is 4. The van der Waals surface area contributed by atoms with E-state index in [-0.39, 0.29) is 6.10 Å². The summed E-state index contributed by atoms with van der Waals surface area (Å²) in [5.41, 5.74) is 1.38. The van der Waals surface area contributed by atoms with Crippen molar-refractivity contribution < 1.29 is 9.84 Å². The van der Waals surface area contributed by atoms with Crippen LogP contribution in [0.3, 0.4) is 0 Å². The first kappa shape index (κ1) is 18.4. The molecule has 4 atom stereocenters. The Labute approximate surface area is 158 Å². The van der Waals surface area contributed by atoms with E-state index >= 15 is 0 Å². The number of fused-ring (bicyclic) bond motifs is 2. The van der Waals surface area contributed by atoms with Gasteiger partial charge in [0.05, 0.1) is 12.7 Å². The van der Waals surface area contributed by atoms with Gasteiger partial charge in [0.15, 0.2) is 0 Å². The molecule has 3 fully saturated rings. The van der Waals surface area contributed by atoms with Crippen molar-refractivity contribution in [3.05, 3.63) is 35.9 Å². The van der Waals surface area contributed by atoms with Crippen molar-refractivity contribution in [2.75, 3.05) is 45.9 Å². The molecule has 1 N–H and O–H groups in total. The highest BCUT2D eigenvalue weighted by atomic mass is 16.5. The molecule has 0 unspecified atom stereocenters. The predicted octanol–water partition coefficient (Wildman–Crippen LogP) is 2.62. The van der Waals surface area contributed by atoms with Crippen molar-refractivity contribution in [1.82, 2.24) is 9.80 Å². The van der Waals surface area contributed by atoms with Crippen LogP contribution in [0.4, 0.5) is 0 Å². The van der Waals surface area contributed by atoms with E-state index in [1.165, 1.54) is 31.2 Å². The second kappa shape index (κ2) is 8.83. The molecule has 26 heavy (non-hydrogen) atoms. The van der Waals surface area contributed by atoms with Crippen LogP contribution in [0.1, 0.15) is 31.2 Å². The SMILES string of the molecule is O[C@H](COC[C@H]1C[C@@H]2CC[C@@H]1C2)CN1CCN(Cc2ccccc2)CC1. The Bertz CT molecular complexity index is 544. The van der Waals surface area contributed by atoms with Crippen LogP contribution in [0.5, 0.6) is 0 Å². The lowest BCUT2D eigenvalue weighted by molar-refractivity contribution is -0.00897. The molecule has 144 valence electrons. The van der Waals surface area contributed by atoms with E-state index in [0.717, 1.165) is 63.6 Å². The van der Waals surface area contributed by atoms with E-state index in [0.29, 0.717) is 6.61 Å². The highest BCUT2D eigenvalue weighted by molar-refractivity contribution is 5.14. The van der Waals surface area contributed by atoms with Gasteiger partial charge in [0.1, 0.15) is 0 Å². The first-order valence-corrected chi connectivity index (χ1v) is 10.5. The average molecular weight is 359 g/mol. The van der Waals surface area contributed by atoms with Crippen molar-refractivity contribution in [2.24, 2.45) is 17.8 Å². The monoisotopic (exact) mass is 358 g/mol. The molecule has 0 spiro atoms. The molecule has 0 aromatic heterocycles. The summed E-state index contributed by atoms with van der Waals surface area (Å²) in [5.74, 6) is 2.66. The van der Waals surface area contributed by atoms with Gasteiger partial charge in [-0.15, -0.1) is 0 Å². The van der Waals surface area contributed by atoms with Crippen LogP contribution in [-0.4, -0.2) is 66.9 Å². The Balaban J connectivity index is 1.10. The van der Waals surface area contributed by atoms with Crippen LogP contribution in [-0.2, 0) is 11.3 Å². The molecular formula is C22H34N2O2. The fourth-order valence-corrected chi connectivity index (χ4v) is 5.26. The largest absolute Gasteiger partial charge is 0.389 e. The lowest BCUT2D eigenvalue weighted by Crippen LogP contribution is -2.48. The van der Waals surface area contributed by atoms with E-state index in [1.807, 2.05) is 0 Å². The maximum atomic E-state index is 10.3. The highest BCUT2D eigenvalue weighted by Crippen LogP contribution is 2.48. The van der Waals surface area contributed by atoms with Gasteiger partial charge >= 0.3 is 0 Å². The van der Waals surface area contributed by atoms with Crippen LogP contribution >= 0.6 is 0 Å². The minimum absolute atomic E-state index is 0.353. The predicted molar refractivity (Wildman–Crippen MR) is 104 cm³/mol. The standard InChI is InChI=1S/C22H34N2O2/c25-22(17-26-16-21-13-19-6-7-20(21)12-19)15-24-10-8-23(9-11-24)14-18-4-2-1-3-5-18/h1-5,19-22,25H,6-17H2/t19-,20-,21-,22+/m1/s1. The maximum absolute atomic E-state index is 10.3. The Hall–Kier alpha value is -0.940. The minimum Gasteiger partial charge on any atom is -0.389 e. The third-order valence-electron chi connectivity index (χ3n) is 6.71. The zero-order valence-corrected chi connectivity index (χ0v) is 15.9. The van der Waals surface area contributed by atoms with E-state index in [2.05, 4.69) is 40.1 Å². The molecule has 1 aromatic rings. The van der Waals surface area contributed by atoms with Gasteiger partial charge in [-0.1, -0.05) is 36.8 Å². The minimum atomic E-state index is -0.353. The van der Waals surface area contributed by atoms with Crippen molar-refractivity contribution in [3.63, 3.8) is 0 Å². The highest BCUT2D eigenvalue weighted by Gasteiger charge is 2.39. The third kappa shape index (κ3) is 4.86. The molecule has 1 aliphatic heterocycles. The van der Waals surface area contributed by atoms with Crippen LogP contribution < -0.4 is 0 Å². The molecule has 1 heterocycles. The number of benzene rings is 1. The van der Waals surface area contributed by atoms with Crippen molar-refractivity contribution in [1.29, 1.82) is 0 Å². The van der Waals surface area contributed by atoms with Crippen LogP contribution in [0, 0.1) is 17.8 Å². The number of ether oxygens (including phenoxy) is 1. The Morgan fingerprint density at radius 1 is 1.00 bits per heavy atom. The summed E-state index contributed by atoms with van der Waals surface area (Å²) >= 11 is 0. The molecule has 3 aliphatic rings. The zero-order chi connectivity index (χ0) is 17.8. The maximum Gasteiger partial charge on any atom is 0.0900 e. The van der Waals surface area contributed by atoms with Gasteiger partial charge in [0.25, 0.3) is 0 Å². The quantitative estimate of drug-likeness (QED) is 0.775. The molecule has 2 saturated carbocycles. The molecule has 4 rings (SSSR count). The number of aliphatic hydroxyl groups is 1. The molecule has 4 nitrogen and oxygen atoms in total. The number of piperazine rings is 1.